The van der Waals surface area contributed by atoms with E-state index in [4.69, 9.17) is 5.11 Å². The molecule has 0 amide bonds. The molecule has 0 aliphatic rings. The summed E-state index contributed by atoms with van der Waals surface area (Å²) >= 11 is 0. The van der Waals surface area contributed by atoms with E-state index in [2.05, 4.69) is 18.2 Å². The molecule has 1 N–H and O–H groups in total. The minimum atomic E-state index is 0.348. The molecule has 0 heterocycles. The molecule has 76 valence electrons. The van der Waals surface area contributed by atoms with Crippen LogP contribution in [0.3, 0.4) is 0 Å². The fourth-order valence-corrected chi connectivity index (χ4v) is 1.19. The van der Waals surface area contributed by atoms with Crippen molar-refractivity contribution in [2.75, 3.05) is 6.61 Å². The minimum Gasteiger partial charge on any atom is -0.396 e. The number of aliphatic hydroxyl groups excluding tert-OH is 1. The lowest BCUT2D eigenvalue weighted by atomic mass is 10.1. The normalized spacial score (nSPS) is 11.8. The van der Waals surface area contributed by atoms with Gasteiger partial charge in [0.25, 0.3) is 0 Å². The highest BCUT2D eigenvalue weighted by Gasteiger charge is 1.87. The van der Waals surface area contributed by atoms with Gasteiger partial charge in [0.1, 0.15) is 0 Å². The first kappa shape index (κ1) is 12.4. The number of rotatable bonds is 8. The molecular weight excluding hydrogens is 160 g/mol. The monoisotopic (exact) mass is 182 g/mol. The molecule has 0 spiro atoms. The van der Waals surface area contributed by atoms with E-state index < -0.39 is 0 Å². The van der Waals surface area contributed by atoms with Crippen LogP contribution in [0, 0.1) is 0 Å². The Hall–Kier alpha value is -0.560. The first-order chi connectivity index (χ1) is 6.41. The van der Waals surface area contributed by atoms with Gasteiger partial charge in [0.2, 0.25) is 0 Å². The lowest BCUT2D eigenvalue weighted by Gasteiger charge is -1.96. The van der Waals surface area contributed by atoms with Crippen LogP contribution in [0.15, 0.2) is 24.3 Å². The van der Waals surface area contributed by atoms with Crippen LogP contribution >= 0.6 is 0 Å². The van der Waals surface area contributed by atoms with E-state index in [-0.39, 0.29) is 0 Å². The molecule has 0 aromatic rings. The minimum absolute atomic E-state index is 0.348. The highest BCUT2D eigenvalue weighted by molar-refractivity contribution is 5.00. The molecule has 1 nitrogen and oxygen atoms in total. The van der Waals surface area contributed by atoms with E-state index in [1.165, 1.54) is 32.1 Å². The number of allylic oxidation sites excluding steroid dienone is 4. The zero-order valence-corrected chi connectivity index (χ0v) is 8.71. The van der Waals surface area contributed by atoms with E-state index in [9.17, 15) is 0 Å². The summed E-state index contributed by atoms with van der Waals surface area (Å²) in [7, 11) is 0. The van der Waals surface area contributed by atoms with Crippen LogP contribution in [0.25, 0.3) is 0 Å². The van der Waals surface area contributed by atoms with Gasteiger partial charge in [-0.3, -0.25) is 0 Å². The van der Waals surface area contributed by atoms with Crippen LogP contribution in [0.1, 0.15) is 45.4 Å². The molecule has 0 aliphatic carbocycles. The van der Waals surface area contributed by atoms with E-state index in [1.54, 1.807) is 0 Å². The van der Waals surface area contributed by atoms with Crippen molar-refractivity contribution in [3.05, 3.63) is 24.3 Å². The molecule has 0 aliphatic heterocycles. The van der Waals surface area contributed by atoms with Crippen LogP contribution in [-0.4, -0.2) is 11.7 Å². The molecule has 0 saturated heterocycles. The highest BCUT2D eigenvalue weighted by atomic mass is 16.2. The topological polar surface area (TPSA) is 20.2 Å². The summed E-state index contributed by atoms with van der Waals surface area (Å²) in [6, 6.07) is 0. The fourth-order valence-electron chi connectivity index (χ4n) is 1.19. The summed E-state index contributed by atoms with van der Waals surface area (Å²) < 4.78 is 0. The molecule has 0 bridgehead atoms. The summed E-state index contributed by atoms with van der Waals surface area (Å²) in [4.78, 5) is 0. The highest BCUT2D eigenvalue weighted by Crippen LogP contribution is 2.05. The van der Waals surface area contributed by atoms with Crippen molar-refractivity contribution >= 4 is 0 Å². The molecule has 0 atom stereocenters. The van der Waals surface area contributed by atoms with Gasteiger partial charge in [0, 0.05) is 6.61 Å². The Morgan fingerprint density at radius 2 is 1.62 bits per heavy atom. The second-order valence-corrected chi connectivity index (χ2v) is 3.23. The Balaban J connectivity index is 2.99. The molecule has 0 aromatic carbocycles. The van der Waals surface area contributed by atoms with Gasteiger partial charge in [-0.25, -0.2) is 0 Å². The lowest BCUT2D eigenvalue weighted by molar-refractivity contribution is 0.282. The third-order valence-corrected chi connectivity index (χ3v) is 1.97. The summed E-state index contributed by atoms with van der Waals surface area (Å²) in [5, 5.41) is 8.55. The van der Waals surface area contributed by atoms with Gasteiger partial charge in [-0.1, -0.05) is 43.6 Å². The molecule has 0 unspecified atom stereocenters. The van der Waals surface area contributed by atoms with Gasteiger partial charge >= 0.3 is 0 Å². The second kappa shape index (κ2) is 11.4. The average molecular weight is 182 g/mol. The van der Waals surface area contributed by atoms with Crippen LogP contribution in [0.2, 0.25) is 0 Å². The average Bonchev–Trinajstić information content (AvgIpc) is 2.16. The molecule has 1 heteroatoms. The Morgan fingerprint density at radius 3 is 2.31 bits per heavy atom. The predicted molar refractivity (Wildman–Crippen MR) is 58.7 cm³/mol. The third kappa shape index (κ3) is 11.4. The van der Waals surface area contributed by atoms with Gasteiger partial charge in [0.15, 0.2) is 0 Å². The van der Waals surface area contributed by atoms with Gasteiger partial charge < -0.3 is 5.11 Å². The Morgan fingerprint density at radius 1 is 0.923 bits per heavy atom. The molecule has 0 saturated carbocycles. The van der Waals surface area contributed by atoms with E-state index in [0.717, 1.165) is 6.42 Å². The zero-order chi connectivity index (χ0) is 9.78. The van der Waals surface area contributed by atoms with Crippen molar-refractivity contribution < 1.29 is 5.11 Å². The predicted octanol–water partition coefficient (Wildman–Crippen LogP) is 3.45. The number of unbranched alkanes of at least 4 members (excludes halogenated alkanes) is 5. The van der Waals surface area contributed by atoms with Crippen molar-refractivity contribution in [3.8, 4) is 0 Å². The number of hydrogen-bond acceptors (Lipinski definition) is 1. The Labute approximate surface area is 82.2 Å². The maximum atomic E-state index is 8.55. The van der Waals surface area contributed by atoms with Gasteiger partial charge in [-0.15, -0.1) is 0 Å². The van der Waals surface area contributed by atoms with E-state index in [0.29, 0.717) is 6.61 Å². The molecule has 0 fully saturated rings. The van der Waals surface area contributed by atoms with Gasteiger partial charge in [0.05, 0.1) is 0 Å². The summed E-state index contributed by atoms with van der Waals surface area (Å²) in [6.45, 7) is 2.38. The maximum absolute atomic E-state index is 8.55. The molecule has 0 aromatic heterocycles. The van der Waals surface area contributed by atoms with Crippen molar-refractivity contribution in [1.29, 1.82) is 0 Å². The number of aliphatic hydroxyl groups is 1. The molecule has 0 radical (unpaired) electrons. The zero-order valence-electron chi connectivity index (χ0n) is 8.71. The second-order valence-electron chi connectivity index (χ2n) is 3.23. The van der Waals surface area contributed by atoms with Crippen LogP contribution in [0.4, 0.5) is 0 Å². The van der Waals surface area contributed by atoms with Crippen molar-refractivity contribution in [3.63, 3.8) is 0 Å². The third-order valence-electron chi connectivity index (χ3n) is 1.97. The van der Waals surface area contributed by atoms with Gasteiger partial charge in [-0.2, -0.15) is 0 Å². The first-order valence-electron chi connectivity index (χ1n) is 5.30. The molecule has 0 rings (SSSR count). The fraction of sp³-hybridized carbons (Fsp3) is 0.667. The van der Waals surface area contributed by atoms with Gasteiger partial charge in [-0.05, 0) is 26.2 Å². The van der Waals surface area contributed by atoms with Crippen molar-refractivity contribution in [2.24, 2.45) is 0 Å². The quantitative estimate of drug-likeness (QED) is 0.450. The first-order valence-corrected chi connectivity index (χ1v) is 5.30. The molecular formula is C12H22O. The Bertz CT molecular complexity index is 136. The van der Waals surface area contributed by atoms with E-state index >= 15 is 0 Å². The summed E-state index contributed by atoms with van der Waals surface area (Å²) in [5.74, 6) is 0. The lowest BCUT2D eigenvalue weighted by Crippen LogP contribution is -1.82. The number of hydrogen-bond donors (Lipinski definition) is 1. The van der Waals surface area contributed by atoms with E-state index in [1.807, 2.05) is 13.0 Å². The summed E-state index contributed by atoms with van der Waals surface area (Å²) in [5.41, 5.74) is 0. The SMILES string of the molecule is C/C=C\C=CCCCCCCCO. The smallest absolute Gasteiger partial charge is 0.0431 e. The molecule has 13 heavy (non-hydrogen) atoms. The van der Waals surface area contributed by atoms with Crippen LogP contribution < -0.4 is 0 Å². The van der Waals surface area contributed by atoms with Crippen molar-refractivity contribution in [2.45, 2.75) is 45.4 Å². The van der Waals surface area contributed by atoms with Crippen LogP contribution in [-0.2, 0) is 0 Å². The Kier molecular flexibility index (Phi) is 10.9. The van der Waals surface area contributed by atoms with Crippen LogP contribution in [0.5, 0.6) is 0 Å². The largest absolute Gasteiger partial charge is 0.396 e. The maximum Gasteiger partial charge on any atom is 0.0431 e. The van der Waals surface area contributed by atoms with Crippen molar-refractivity contribution in [1.82, 2.24) is 0 Å². The summed E-state index contributed by atoms with van der Waals surface area (Å²) in [6.07, 6.45) is 15.6. The standard InChI is InChI=1S/C12H22O/c1-2-3-4-5-6-7-8-9-10-11-12-13/h2-5,13H,6-12H2,1H3/b3-2-,5-4?.